The molecule has 32 heavy (non-hydrogen) atoms. The second-order valence-corrected chi connectivity index (χ2v) is 14.6. The van der Waals surface area contributed by atoms with Gasteiger partial charge in [0.1, 0.15) is 12.4 Å². The summed E-state index contributed by atoms with van der Waals surface area (Å²) in [6, 6.07) is 17.2. The van der Waals surface area contributed by atoms with Gasteiger partial charge in [-0.2, -0.15) is 0 Å². The normalized spacial score (nSPS) is 18.8. The van der Waals surface area contributed by atoms with Gasteiger partial charge in [0.15, 0.2) is 8.32 Å². The van der Waals surface area contributed by atoms with Crippen LogP contribution in [0.15, 0.2) is 54.6 Å². The number of benzene rings is 2. The Morgan fingerprint density at radius 3 is 2.25 bits per heavy atom. The molecule has 7 heteroatoms. The van der Waals surface area contributed by atoms with Crippen molar-refractivity contribution in [3.05, 3.63) is 65.7 Å². The van der Waals surface area contributed by atoms with E-state index in [1.165, 1.54) is 5.06 Å². The van der Waals surface area contributed by atoms with Crippen LogP contribution in [0, 0.1) is 5.92 Å². The van der Waals surface area contributed by atoms with Crippen LogP contribution < -0.4 is 4.74 Å². The molecule has 0 spiro atoms. The highest BCUT2D eigenvalue weighted by Crippen LogP contribution is 2.42. The van der Waals surface area contributed by atoms with Crippen LogP contribution in [-0.2, 0) is 20.7 Å². The third-order valence-corrected chi connectivity index (χ3v) is 11.0. The maximum atomic E-state index is 12.8. The van der Waals surface area contributed by atoms with Gasteiger partial charge < -0.3 is 14.3 Å². The van der Waals surface area contributed by atoms with Gasteiger partial charge in [0.25, 0.3) is 5.91 Å². The lowest BCUT2D eigenvalue weighted by atomic mass is 9.88. The van der Waals surface area contributed by atoms with Crippen LogP contribution in [0.25, 0.3) is 0 Å². The van der Waals surface area contributed by atoms with E-state index in [-0.39, 0.29) is 17.6 Å². The van der Waals surface area contributed by atoms with E-state index in [4.69, 9.17) is 14.0 Å². The summed E-state index contributed by atoms with van der Waals surface area (Å²) in [6.07, 6.45) is -1.50. The van der Waals surface area contributed by atoms with Crippen LogP contribution in [0.1, 0.15) is 38.0 Å². The fraction of sp³-hybridized carbons (Fsp3) is 0.480. The largest absolute Gasteiger partial charge is 0.497 e. The predicted molar refractivity (Wildman–Crippen MR) is 126 cm³/mol. The lowest BCUT2D eigenvalue weighted by Gasteiger charge is -2.45. The molecule has 1 fully saturated rings. The second-order valence-electron chi connectivity index (χ2n) is 9.83. The first-order valence-corrected chi connectivity index (χ1v) is 13.9. The van der Waals surface area contributed by atoms with Crippen LogP contribution >= 0.6 is 0 Å². The van der Waals surface area contributed by atoms with Gasteiger partial charge in [0.2, 0.25) is 0 Å². The SMILES string of the molecule is COc1ccc(CON2C[C@@H]([C@@H](O)[C@@H](O[Si](C)(C)C(C)(C)C)c3ccccc3)C2=O)cc1. The number of methoxy groups -OCH3 is 1. The molecule has 174 valence electrons. The van der Waals surface area contributed by atoms with Gasteiger partial charge in [0.05, 0.1) is 31.8 Å². The second kappa shape index (κ2) is 9.75. The minimum atomic E-state index is -2.18. The number of nitrogens with zero attached hydrogens (tertiary/aromatic N) is 1. The van der Waals surface area contributed by atoms with Gasteiger partial charge in [0, 0.05) is 0 Å². The maximum absolute atomic E-state index is 12.8. The summed E-state index contributed by atoms with van der Waals surface area (Å²) < 4.78 is 11.8. The van der Waals surface area contributed by atoms with Gasteiger partial charge in [-0.05, 0) is 41.4 Å². The van der Waals surface area contributed by atoms with E-state index in [0.717, 1.165) is 16.9 Å². The third-order valence-electron chi connectivity index (χ3n) is 6.55. The molecule has 0 radical (unpaired) electrons. The summed E-state index contributed by atoms with van der Waals surface area (Å²) in [4.78, 5) is 18.5. The zero-order valence-electron chi connectivity index (χ0n) is 19.9. The minimum absolute atomic E-state index is 0.0170. The molecule has 3 rings (SSSR count). The van der Waals surface area contributed by atoms with E-state index in [0.29, 0.717) is 6.54 Å². The summed E-state index contributed by atoms with van der Waals surface area (Å²) in [6.45, 7) is 11.4. The molecule has 1 amide bonds. The van der Waals surface area contributed by atoms with Crippen molar-refractivity contribution in [1.82, 2.24) is 5.06 Å². The topological polar surface area (TPSA) is 68.2 Å². The number of hydrogen-bond donors (Lipinski definition) is 1. The Bertz CT molecular complexity index is 895. The molecule has 1 aliphatic rings. The standard InChI is InChI=1S/C25H35NO5Si/c1-25(2,3)32(5,6)31-23(19-10-8-7-9-11-19)22(27)21-16-26(24(21)28)30-17-18-12-14-20(29-4)15-13-18/h7-15,21-23,27H,16-17H2,1-6H3/t21-,22+,23-/m0/s1. The highest BCUT2D eigenvalue weighted by Gasteiger charge is 2.48. The van der Waals surface area contributed by atoms with Crippen molar-refractivity contribution in [3.8, 4) is 5.75 Å². The Morgan fingerprint density at radius 1 is 1.09 bits per heavy atom. The minimum Gasteiger partial charge on any atom is -0.497 e. The fourth-order valence-corrected chi connectivity index (χ4v) is 4.61. The molecule has 2 aromatic carbocycles. The molecule has 0 saturated carbocycles. The lowest BCUT2D eigenvalue weighted by Crippen LogP contribution is -2.58. The number of carbonyl (C=O) groups excluding carboxylic acids is 1. The number of amides is 1. The van der Waals surface area contributed by atoms with E-state index in [1.54, 1.807) is 7.11 Å². The van der Waals surface area contributed by atoms with E-state index in [1.807, 2.05) is 54.6 Å². The average Bonchev–Trinajstić information content (AvgIpc) is 2.76. The highest BCUT2D eigenvalue weighted by atomic mass is 28.4. The van der Waals surface area contributed by atoms with Gasteiger partial charge in [-0.1, -0.05) is 63.2 Å². The van der Waals surface area contributed by atoms with Crippen molar-refractivity contribution >= 4 is 14.2 Å². The van der Waals surface area contributed by atoms with Crippen LogP contribution in [-0.4, -0.2) is 44.2 Å². The predicted octanol–water partition coefficient (Wildman–Crippen LogP) is 4.71. The lowest BCUT2D eigenvalue weighted by molar-refractivity contribution is -0.237. The molecule has 6 nitrogen and oxygen atoms in total. The summed E-state index contributed by atoms with van der Waals surface area (Å²) in [5.41, 5.74) is 1.82. The van der Waals surface area contributed by atoms with Crippen LogP contribution in [0.5, 0.6) is 5.75 Å². The average molecular weight is 458 g/mol. The van der Waals surface area contributed by atoms with E-state index in [2.05, 4.69) is 33.9 Å². The summed E-state index contributed by atoms with van der Waals surface area (Å²) >= 11 is 0. The Labute approximate surface area is 192 Å². The summed E-state index contributed by atoms with van der Waals surface area (Å²) in [7, 11) is -0.562. The molecule has 0 bridgehead atoms. The number of ether oxygens (including phenoxy) is 1. The first-order valence-electron chi connectivity index (χ1n) is 11.0. The van der Waals surface area contributed by atoms with Crippen LogP contribution in [0.3, 0.4) is 0 Å². The van der Waals surface area contributed by atoms with Gasteiger partial charge in [-0.25, -0.2) is 5.06 Å². The quantitative estimate of drug-likeness (QED) is 0.436. The molecule has 1 saturated heterocycles. The Balaban J connectivity index is 1.66. The van der Waals surface area contributed by atoms with E-state index >= 15 is 0 Å². The molecule has 1 N–H and O–H groups in total. The number of hydroxylamine groups is 2. The van der Waals surface area contributed by atoms with Gasteiger partial charge >= 0.3 is 0 Å². The first kappa shape index (κ1) is 24.4. The van der Waals surface area contributed by atoms with E-state index < -0.39 is 26.4 Å². The molecular weight excluding hydrogens is 422 g/mol. The zero-order valence-corrected chi connectivity index (χ0v) is 20.9. The number of hydrogen-bond acceptors (Lipinski definition) is 5. The van der Waals surface area contributed by atoms with Crippen LogP contribution in [0.4, 0.5) is 0 Å². The molecule has 0 aliphatic carbocycles. The summed E-state index contributed by atoms with van der Waals surface area (Å²) in [5.74, 6) is -0.00253. The molecule has 2 aromatic rings. The Kier molecular flexibility index (Phi) is 7.45. The van der Waals surface area contributed by atoms with Gasteiger partial charge in [-0.3, -0.25) is 9.63 Å². The van der Waals surface area contributed by atoms with E-state index in [9.17, 15) is 9.90 Å². The number of rotatable bonds is 9. The van der Waals surface area contributed by atoms with Crippen molar-refractivity contribution in [1.29, 1.82) is 0 Å². The number of β-lactam (4-membered cyclic amide) rings is 1. The van der Waals surface area contributed by atoms with Gasteiger partial charge in [-0.15, -0.1) is 0 Å². The van der Waals surface area contributed by atoms with Crippen LogP contribution in [0.2, 0.25) is 18.1 Å². The van der Waals surface area contributed by atoms with Crippen molar-refractivity contribution in [2.24, 2.45) is 5.92 Å². The fourth-order valence-electron chi connectivity index (χ4n) is 3.35. The number of carbonyl (C=O) groups is 1. The number of aliphatic hydroxyl groups is 1. The third kappa shape index (κ3) is 5.40. The monoisotopic (exact) mass is 457 g/mol. The number of aliphatic hydroxyl groups excluding tert-OH is 1. The Hall–Kier alpha value is -2.19. The molecule has 1 aliphatic heterocycles. The molecule has 1 heterocycles. The van der Waals surface area contributed by atoms with Crippen molar-refractivity contribution in [2.45, 2.75) is 57.7 Å². The van der Waals surface area contributed by atoms with Crippen molar-refractivity contribution in [2.75, 3.05) is 13.7 Å². The molecule has 0 unspecified atom stereocenters. The highest BCUT2D eigenvalue weighted by molar-refractivity contribution is 6.74. The molecular formula is C25H35NO5Si. The first-order chi connectivity index (χ1) is 15.0. The zero-order chi connectivity index (χ0) is 23.5. The molecule has 0 aromatic heterocycles. The summed E-state index contributed by atoms with van der Waals surface area (Å²) in [5, 5.41) is 12.5. The molecule has 3 atom stereocenters. The maximum Gasteiger partial charge on any atom is 0.253 e. The van der Waals surface area contributed by atoms with Crippen molar-refractivity contribution < 1.29 is 23.9 Å². The smallest absolute Gasteiger partial charge is 0.253 e. The Morgan fingerprint density at radius 2 is 1.72 bits per heavy atom. The van der Waals surface area contributed by atoms with Crippen molar-refractivity contribution in [3.63, 3.8) is 0 Å².